The van der Waals surface area contributed by atoms with E-state index in [1.54, 1.807) is 0 Å². The second-order valence-electron chi connectivity index (χ2n) is 22.0. The van der Waals surface area contributed by atoms with Gasteiger partial charge in [-0.2, -0.15) is 0 Å². The molecule has 81 heavy (non-hydrogen) atoms. The van der Waals surface area contributed by atoms with Crippen molar-refractivity contribution in [2.24, 2.45) is 0 Å². The molecule has 2 nitrogen and oxygen atoms in total. The fraction of sp³-hybridized carbons (Fsp3) is 0.0769. The summed E-state index contributed by atoms with van der Waals surface area (Å²) in [6, 6.07) is 121. The van der Waals surface area contributed by atoms with Gasteiger partial charge < -0.3 is 9.13 Å². The molecule has 0 amide bonds. The Morgan fingerprint density at radius 3 is 1.12 bits per heavy atom. The second-order valence-corrected chi connectivity index (χ2v) is 25.7. The van der Waals surface area contributed by atoms with Crippen molar-refractivity contribution >= 4 is 31.1 Å². The molecule has 0 N–H and O–H groups in total. The van der Waals surface area contributed by atoms with Crippen molar-refractivity contribution in [3.8, 4) is 66.8 Å². The van der Waals surface area contributed by atoms with Crippen molar-refractivity contribution in [1.29, 1.82) is 0 Å². The Kier molecular flexibility index (Phi) is 13.5. The van der Waals surface area contributed by atoms with E-state index in [0.29, 0.717) is 0 Å². The lowest BCUT2D eigenvalue weighted by atomic mass is 9.83. The molecule has 0 radical (unpaired) electrons. The molecule has 2 atom stereocenters. The summed E-state index contributed by atoms with van der Waals surface area (Å²) in [4.78, 5) is 0. The lowest BCUT2D eigenvalue weighted by Gasteiger charge is -2.53. The molecule has 0 aliphatic carbocycles. The van der Waals surface area contributed by atoms with Gasteiger partial charge in [0.25, 0.3) is 8.40 Å². The van der Waals surface area contributed by atoms with E-state index < -0.39 is 8.40 Å². The molecule has 3 heteroatoms. The maximum atomic E-state index is 2.94. The van der Waals surface area contributed by atoms with Crippen LogP contribution >= 0.6 is 0 Å². The van der Waals surface area contributed by atoms with Crippen molar-refractivity contribution in [3.05, 3.63) is 338 Å². The van der Waals surface area contributed by atoms with Crippen LogP contribution < -0.4 is 9.13 Å². The summed E-state index contributed by atoms with van der Waals surface area (Å²) < 4.78 is 5.88. The predicted octanol–water partition coefficient (Wildman–Crippen LogP) is 20.8. The standard InChI is InChI=1S/C78H62N2Si/c1-5-21-58(22-6-1)62-39-37-57(38-40-62)53-69-56-81(55-68(66-43-41-63(42-44-66)59-23-7-2-8-24-59)54-67-29-13-14-30-72(67)74-32-16-15-31-73(69)74)79(70-49-45-64(46-50-70)60-25-9-3-10-26-60)77-35-19-17-33-75(77)76-34-18-20-36-78(76)80(81)71-51-47-65(48-52-71)61-27-11-4-12-28-61/h1-52,68-69H,53-56H2. The molecule has 2 unspecified atom stereocenters. The monoisotopic (exact) mass is 1050 g/mol. The molecular formula is C78H62N2Si. The third kappa shape index (κ3) is 9.70. The molecule has 12 aromatic carbocycles. The molecule has 0 fully saturated rings. The fourth-order valence-electron chi connectivity index (χ4n) is 13.5. The van der Waals surface area contributed by atoms with Crippen LogP contribution in [-0.4, -0.2) is 8.40 Å². The van der Waals surface area contributed by atoms with Crippen LogP contribution in [0.1, 0.15) is 34.1 Å². The second kappa shape index (κ2) is 21.9. The topological polar surface area (TPSA) is 6.48 Å². The lowest BCUT2D eigenvalue weighted by Crippen LogP contribution is -2.64. The highest BCUT2D eigenvalue weighted by Crippen LogP contribution is 2.57. The number of anilines is 4. The van der Waals surface area contributed by atoms with Crippen LogP contribution in [0.15, 0.2) is 315 Å². The zero-order valence-corrected chi connectivity index (χ0v) is 46.4. The summed E-state index contributed by atoms with van der Waals surface area (Å²) >= 11 is 0. The minimum absolute atomic E-state index is 0.0947. The van der Waals surface area contributed by atoms with E-state index in [4.69, 9.17) is 0 Å². The number of para-hydroxylation sites is 2. The summed E-state index contributed by atoms with van der Waals surface area (Å²) in [5.74, 6) is 0.214. The lowest BCUT2D eigenvalue weighted by molar-refractivity contribution is 0.697. The van der Waals surface area contributed by atoms with Crippen LogP contribution in [0, 0.1) is 0 Å². The van der Waals surface area contributed by atoms with Gasteiger partial charge in [-0.15, -0.1) is 0 Å². The molecule has 0 aromatic heterocycles. The van der Waals surface area contributed by atoms with E-state index in [0.717, 1.165) is 24.9 Å². The molecule has 2 heterocycles. The Morgan fingerprint density at radius 1 is 0.296 bits per heavy atom. The molecule has 1 spiro atoms. The first kappa shape index (κ1) is 49.7. The van der Waals surface area contributed by atoms with Crippen molar-refractivity contribution in [2.45, 2.75) is 36.8 Å². The van der Waals surface area contributed by atoms with Crippen molar-refractivity contribution < 1.29 is 0 Å². The number of hydrogen-bond acceptors (Lipinski definition) is 2. The third-order valence-corrected chi connectivity index (χ3v) is 22.2. The van der Waals surface area contributed by atoms with E-state index in [-0.39, 0.29) is 11.8 Å². The first-order valence-corrected chi connectivity index (χ1v) is 31.0. The Morgan fingerprint density at radius 2 is 0.654 bits per heavy atom. The van der Waals surface area contributed by atoms with Crippen molar-refractivity contribution in [3.63, 3.8) is 0 Å². The molecule has 0 bridgehead atoms. The zero-order valence-electron chi connectivity index (χ0n) is 45.4. The maximum Gasteiger partial charge on any atom is 0.274 e. The molecule has 0 saturated heterocycles. The highest BCUT2D eigenvalue weighted by atomic mass is 28.3. The van der Waals surface area contributed by atoms with E-state index in [1.807, 2.05) is 0 Å². The fourth-order valence-corrected chi connectivity index (χ4v) is 19.4. The van der Waals surface area contributed by atoms with Gasteiger partial charge in [0.1, 0.15) is 0 Å². The molecule has 12 aromatic rings. The highest BCUT2D eigenvalue weighted by Gasteiger charge is 2.54. The number of benzene rings is 12. The summed E-state index contributed by atoms with van der Waals surface area (Å²) in [5.41, 5.74) is 25.3. The summed E-state index contributed by atoms with van der Waals surface area (Å²) in [6.07, 6.45) is 1.74. The highest BCUT2D eigenvalue weighted by molar-refractivity contribution is 6.89. The van der Waals surface area contributed by atoms with Gasteiger partial charge in [0, 0.05) is 33.9 Å². The van der Waals surface area contributed by atoms with Crippen LogP contribution in [0.5, 0.6) is 0 Å². The Hall–Kier alpha value is -9.54. The quantitative estimate of drug-likeness (QED) is 0.133. The number of fused-ring (bicyclic) bond motifs is 6. The summed E-state index contributed by atoms with van der Waals surface area (Å²) in [6.45, 7) is 0. The average Bonchev–Trinajstić information content (AvgIpc) is 3.97. The zero-order chi connectivity index (χ0) is 54.0. The van der Waals surface area contributed by atoms with Gasteiger partial charge in [0.05, 0.1) is 0 Å². The van der Waals surface area contributed by atoms with Crippen LogP contribution in [0.4, 0.5) is 22.7 Å². The molecule has 2 aliphatic rings. The van der Waals surface area contributed by atoms with Gasteiger partial charge in [-0.1, -0.05) is 279 Å². The van der Waals surface area contributed by atoms with Gasteiger partial charge in [0.2, 0.25) is 0 Å². The summed E-state index contributed by atoms with van der Waals surface area (Å²) in [7, 11) is -3.42. The van der Waals surface area contributed by atoms with Crippen molar-refractivity contribution in [1.82, 2.24) is 0 Å². The maximum absolute atomic E-state index is 3.42. The number of hydrogen-bond donors (Lipinski definition) is 0. The van der Waals surface area contributed by atoms with Gasteiger partial charge in [-0.3, -0.25) is 0 Å². The Bertz CT molecular complexity index is 3950. The van der Waals surface area contributed by atoms with Gasteiger partial charge in [-0.25, -0.2) is 0 Å². The first-order chi connectivity index (χ1) is 40.1. The van der Waals surface area contributed by atoms with Crippen LogP contribution in [-0.2, 0) is 12.8 Å². The normalized spacial score (nSPS) is 15.4. The van der Waals surface area contributed by atoms with E-state index in [2.05, 4.69) is 325 Å². The van der Waals surface area contributed by atoms with Crippen LogP contribution in [0.2, 0.25) is 12.1 Å². The number of nitrogens with zero attached hydrogens (tertiary/aromatic N) is 2. The average molecular weight is 1060 g/mol. The molecule has 14 rings (SSSR count). The van der Waals surface area contributed by atoms with E-state index >= 15 is 0 Å². The molecule has 0 saturated carbocycles. The molecule has 2 aliphatic heterocycles. The van der Waals surface area contributed by atoms with Gasteiger partial charge in [0.15, 0.2) is 0 Å². The molecular weight excluding hydrogens is 993 g/mol. The van der Waals surface area contributed by atoms with Crippen molar-refractivity contribution in [2.75, 3.05) is 9.13 Å². The third-order valence-electron chi connectivity index (χ3n) is 17.2. The van der Waals surface area contributed by atoms with Crippen LogP contribution in [0.3, 0.4) is 0 Å². The minimum Gasteiger partial charge on any atom is -0.350 e. The number of rotatable bonds is 9. The van der Waals surface area contributed by atoms with E-state index in [1.165, 1.54) is 112 Å². The minimum atomic E-state index is -3.42. The summed E-state index contributed by atoms with van der Waals surface area (Å²) in [5, 5.41) is 0. The van der Waals surface area contributed by atoms with E-state index in [9.17, 15) is 0 Å². The van der Waals surface area contributed by atoms with Gasteiger partial charge >= 0.3 is 0 Å². The SMILES string of the molecule is c1ccc(-c2ccc(CC3C[Si]4(CC(c5ccc(-c6ccccc6)cc5)Cc5ccccc5-c5ccccc53)N(c3ccc(-c5ccccc5)cc3)c3ccccc3-c3ccccc3N4c3ccc(-c4ccccc4)cc3)cc2)cc1. The van der Waals surface area contributed by atoms with Gasteiger partial charge in [-0.05, 0) is 151 Å². The van der Waals surface area contributed by atoms with Crippen LogP contribution in [0.25, 0.3) is 66.8 Å². The Labute approximate surface area is 478 Å². The largest absolute Gasteiger partial charge is 0.350 e. The Balaban J connectivity index is 1.07. The predicted molar refractivity (Wildman–Crippen MR) is 344 cm³/mol. The smallest absolute Gasteiger partial charge is 0.274 e. The first-order valence-electron chi connectivity index (χ1n) is 28.7. The molecule has 388 valence electrons.